The first kappa shape index (κ1) is 20.9. The summed E-state index contributed by atoms with van der Waals surface area (Å²) < 4.78 is 1.35. The molecule has 1 aliphatic rings. The summed E-state index contributed by atoms with van der Waals surface area (Å²) in [5.74, 6) is 2.13. The monoisotopic (exact) mass is 369 g/mol. The Labute approximate surface area is 154 Å². The number of hydrogen-bond donors (Lipinski definition) is 3. The van der Waals surface area contributed by atoms with Crippen molar-refractivity contribution < 1.29 is 0 Å². The molecule has 0 aliphatic carbocycles. The molecule has 0 aromatic carbocycles. The van der Waals surface area contributed by atoms with Crippen molar-refractivity contribution in [3.8, 4) is 0 Å². The van der Waals surface area contributed by atoms with Crippen LogP contribution < -0.4 is 21.3 Å². The Kier molecular flexibility index (Phi) is 9.90. The van der Waals surface area contributed by atoms with Crippen molar-refractivity contribution in [2.45, 2.75) is 38.3 Å². The minimum absolute atomic E-state index is 0.574. The maximum atomic E-state index is 5.57. The molecule has 2 heterocycles. The summed E-state index contributed by atoms with van der Waals surface area (Å²) in [7, 11) is 1.92. The molecule has 0 saturated heterocycles. The molecule has 1 aromatic rings. The van der Waals surface area contributed by atoms with Gasteiger partial charge in [-0.05, 0) is 25.2 Å². The van der Waals surface area contributed by atoms with Crippen molar-refractivity contribution in [2.75, 3.05) is 42.7 Å². The number of fused-ring (bicyclic) bond motifs is 1. The summed E-state index contributed by atoms with van der Waals surface area (Å²) in [6.45, 7) is 10.3. The number of allylic oxidation sites excluding steroid dienone is 1. The van der Waals surface area contributed by atoms with Crippen LogP contribution in [0.15, 0.2) is 27.2 Å². The van der Waals surface area contributed by atoms with Crippen LogP contribution in [0.3, 0.4) is 0 Å². The van der Waals surface area contributed by atoms with Gasteiger partial charge in [-0.3, -0.25) is 4.99 Å². The maximum absolute atomic E-state index is 5.57. The van der Waals surface area contributed by atoms with Crippen molar-refractivity contribution >= 4 is 39.6 Å². The normalized spacial score (nSPS) is 15.5. The molecule has 0 bridgehead atoms. The van der Waals surface area contributed by atoms with Crippen LogP contribution >= 0.6 is 23.1 Å². The SMILES string of the molecule is CC.CCCSc1cc2c(s1)N(/C(C)=C\NC)CC(=NCCN)N2. The minimum atomic E-state index is 0.574. The van der Waals surface area contributed by atoms with Crippen LogP contribution in [-0.2, 0) is 0 Å². The van der Waals surface area contributed by atoms with Crippen molar-refractivity contribution in [3.63, 3.8) is 0 Å². The minimum Gasteiger partial charge on any atom is -0.393 e. The van der Waals surface area contributed by atoms with Gasteiger partial charge in [-0.2, -0.15) is 0 Å². The van der Waals surface area contributed by atoms with Gasteiger partial charge in [0.25, 0.3) is 0 Å². The molecule has 1 aliphatic heterocycles. The van der Waals surface area contributed by atoms with E-state index in [0.717, 1.165) is 23.8 Å². The molecule has 24 heavy (non-hydrogen) atoms. The summed E-state index contributed by atoms with van der Waals surface area (Å²) in [5.41, 5.74) is 7.90. The molecule has 0 fully saturated rings. The topological polar surface area (TPSA) is 65.7 Å². The number of hydrogen-bond acceptors (Lipinski definition) is 6. The quantitative estimate of drug-likeness (QED) is 0.635. The molecule has 5 nitrogen and oxygen atoms in total. The Morgan fingerprint density at radius 1 is 1.54 bits per heavy atom. The fraction of sp³-hybridized carbons (Fsp3) is 0.588. The number of aliphatic imine (C=N–C) groups is 1. The van der Waals surface area contributed by atoms with Gasteiger partial charge in [0.2, 0.25) is 0 Å². The summed E-state index contributed by atoms with van der Waals surface area (Å²) >= 11 is 3.76. The first-order chi connectivity index (χ1) is 11.7. The number of amidine groups is 1. The molecule has 1 aromatic heterocycles. The Balaban J connectivity index is 0.00000139. The highest BCUT2D eigenvalue weighted by molar-refractivity contribution is 8.01. The fourth-order valence-electron chi connectivity index (χ4n) is 2.20. The van der Waals surface area contributed by atoms with Gasteiger partial charge in [-0.15, -0.1) is 23.1 Å². The average molecular weight is 370 g/mol. The van der Waals surface area contributed by atoms with Crippen LogP contribution in [0.5, 0.6) is 0 Å². The Morgan fingerprint density at radius 2 is 2.29 bits per heavy atom. The van der Waals surface area contributed by atoms with Crippen molar-refractivity contribution in [1.82, 2.24) is 5.32 Å². The number of rotatable bonds is 7. The highest BCUT2D eigenvalue weighted by Gasteiger charge is 2.24. The first-order valence-corrected chi connectivity index (χ1v) is 10.4. The van der Waals surface area contributed by atoms with Gasteiger partial charge in [0.05, 0.1) is 23.0 Å². The van der Waals surface area contributed by atoms with Crippen LogP contribution in [0.2, 0.25) is 0 Å². The Morgan fingerprint density at radius 3 is 2.92 bits per heavy atom. The lowest BCUT2D eigenvalue weighted by molar-refractivity contribution is 0.944. The van der Waals surface area contributed by atoms with Gasteiger partial charge in [0.1, 0.15) is 10.8 Å². The zero-order chi connectivity index (χ0) is 17.9. The number of nitrogens with zero attached hydrogens (tertiary/aromatic N) is 2. The molecule has 0 atom stereocenters. The second-order valence-corrected chi connectivity index (χ2v) is 7.46. The molecular formula is C17H31N5S2. The lowest BCUT2D eigenvalue weighted by atomic mass is 10.3. The van der Waals surface area contributed by atoms with E-state index >= 15 is 0 Å². The molecule has 0 amide bonds. The smallest absolute Gasteiger partial charge is 0.121 e. The van der Waals surface area contributed by atoms with Crippen LogP contribution in [0.25, 0.3) is 0 Å². The highest BCUT2D eigenvalue weighted by atomic mass is 32.2. The largest absolute Gasteiger partial charge is 0.393 e. The third-order valence-corrected chi connectivity index (χ3v) is 5.75. The van der Waals surface area contributed by atoms with Gasteiger partial charge in [-0.1, -0.05) is 20.8 Å². The van der Waals surface area contributed by atoms with E-state index in [9.17, 15) is 0 Å². The molecule has 0 saturated carbocycles. The lowest BCUT2D eigenvalue weighted by Crippen LogP contribution is -2.37. The van der Waals surface area contributed by atoms with E-state index in [0.29, 0.717) is 13.1 Å². The van der Waals surface area contributed by atoms with Gasteiger partial charge < -0.3 is 21.3 Å². The molecule has 0 unspecified atom stereocenters. The van der Waals surface area contributed by atoms with E-state index in [1.165, 1.54) is 21.3 Å². The van der Waals surface area contributed by atoms with Crippen LogP contribution in [0.4, 0.5) is 10.7 Å². The average Bonchev–Trinajstić information content (AvgIpc) is 3.02. The zero-order valence-corrected chi connectivity index (χ0v) is 17.1. The number of thioether (sulfide) groups is 1. The zero-order valence-electron chi connectivity index (χ0n) is 15.5. The van der Waals surface area contributed by atoms with E-state index < -0.39 is 0 Å². The molecule has 0 radical (unpaired) electrons. The summed E-state index contributed by atoms with van der Waals surface area (Å²) in [5, 5.41) is 7.83. The number of nitrogens with two attached hydrogens (primary N) is 1. The number of nitrogens with one attached hydrogen (secondary N) is 2. The molecule has 7 heteroatoms. The maximum Gasteiger partial charge on any atom is 0.121 e. The van der Waals surface area contributed by atoms with E-state index in [4.69, 9.17) is 5.73 Å². The second-order valence-electron chi connectivity index (χ2n) is 5.04. The Bertz CT molecular complexity index is 551. The summed E-state index contributed by atoms with van der Waals surface area (Å²) in [4.78, 5) is 6.86. The molecular weight excluding hydrogens is 338 g/mol. The summed E-state index contributed by atoms with van der Waals surface area (Å²) in [6.07, 6.45) is 3.21. The van der Waals surface area contributed by atoms with E-state index in [1.807, 2.05) is 50.2 Å². The molecule has 2 rings (SSSR count). The molecule has 4 N–H and O–H groups in total. The van der Waals surface area contributed by atoms with E-state index in [2.05, 4.69) is 40.4 Å². The number of thiophene rings is 1. The van der Waals surface area contributed by atoms with Crippen molar-refractivity contribution in [2.24, 2.45) is 10.7 Å². The predicted molar refractivity (Wildman–Crippen MR) is 112 cm³/mol. The molecule has 0 spiro atoms. The van der Waals surface area contributed by atoms with Crippen molar-refractivity contribution in [1.29, 1.82) is 0 Å². The summed E-state index contributed by atoms with van der Waals surface area (Å²) in [6, 6.07) is 2.23. The van der Waals surface area contributed by atoms with Crippen LogP contribution in [0, 0.1) is 0 Å². The van der Waals surface area contributed by atoms with E-state index in [1.54, 1.807) is 0 Å². The first-order valence-electron chi connectivity index (χ1n) is 8.58. The second kappa shape index (κ2) is 11.4. The third kappa shape index (κ3) is 5.72. The predicted octanol–water partition coefficient (Wildman–Crippen LogP) is 3.95. The van der Waals surface area contributed by atoms with E-state index in [-0.39, 0.29) is 0 Å². The van der Waals surface area contributed by atoms with Gasteiger partial charge in [-0.25, -0.2) is 0 Å². The number of anilines is 2. The highest BCUT2D eigenvalue weighted by Crippen LogP contribution is 2.44. The lowest BCUT2D eigenvalue weighted by Gasteiger charge is -2.30. The fourth-order valence-corrected chi connectivity index (χ4v) is 4.44. The molecule has 136 valence electrons. The van der Waals surface area contributed by atoms with Crippen molar-refractivity contribution in [3.05, 3.63) is 18.0 Å². The van der Waals surface area contributed by atoms with Gasteiger partial charge >= 0.3 is 0 Å². The third-order valence-electron chi connectivity index (χ3n) is 3.18. The van der Waals surface area contributed by atoms with Gasteiger partial charge in [0, 0.05) is 25.5 Å². The Hall–Kier alpha value is -1.18. The van der Waals surface area contributed by atoms with Crippen LogP contribution in [-0.4, -0.2) is 38.3 Å². The van der Waals surface area contributed by atoms with Gasteiger partial charge in [0.15, 0.2) is 0 Å². The van der Waals surface area contributed by atoms with Crippen LogP contribution in [0.1, 0.15) is 34.1 Å². The standard InChI is InChI=1S/C15H25N5S2.C2H6/c1-4-7-21-14-8-12-15(22-14)20(11(2)9-17-3)10-13(19-12)18-6-5-16;1-2/h8-9,17H,4-7,10,16H2,1-3H3,(H,18,19);1-2H3/b11-9-;.